The van der Waals surface area contributed by atoms with Gasteiger partial charge in [0.1, 0.15) is 5.82 Å². The molecule has 0 unspecified atom stereocenters. The molecule has 1 rings (SSSR count). The fourth-order valence-corrected chi connectivity index (χ4v) is 1.02. The lowest BCUT2D eigenvalue weighted by molar-refractivity contribution is 0.0696. The van der Waals surface area contributed by atoms with Gasteiger partial charge >= 0.3 is 5.97 Å². The fraction of sp³-hybridized carbons (Fsp3) is 0. The molecule has 0 aliphatic rings. The van der Waals surface area contributed by atoms with Gasteiger partial charge in [-0.3, -0.25) is 0 Å². The first-order valence-corrected chi connectivity index (χ1v) is 3.63. The highest BCUT2D eigenvalue weighted by atomic mass is 35.5. The van der Waals surface area contributed by atoms with Crippen molar-refractivity contribution in [2.45, 2.75) is 0 Å². The summed E-state index contributed by atoms with van der Waals surface area (Å²) < 4.78 is 12.9. The Kier molecular flexibility index (Phi) is 2.54. The van der Waals surface area contributed by atoms with Crippen molar-refractivity contribution >= 4 is 17.6 Å². The molecule has 0 fully saturated rings. The monoisotopic (exact) mass is 198 g/mol. The number of halogens is 2. The Bertz CT molecular complexity index is 407. The van der Waals surface area contributed by atoms with Crippen LogP contribution in [0.15, 0.2) is 12.1 Å². The Labute approximate surface area is 79.0 Å². The standard InChI is InChI=1S/C9H4ClFO2/c1-2-5-3-6(9(12)13)8(10)7(11)4-5/h1,3-4H,(H,12,13). The molecule has 0 bridgehead atoms. The van der Waals surface area contributed by atoms with Crippen LogP contribution >= 0.6 is 11.6 Å². The maximum atomic E-state index is 12.9. The molecule has 2 nitrogen and oxygen atoms in total. The molecule has 0 radical (unpaired) electrons. The highest BCUT2D eigenvalue weighted by Gasteiger charge is 2.13. The van der Waals surface area contributed by atoms with E-state index < -0.39 is 16.8 Å². The third-order valence-electron chi connectivity index (χ3n) is 1.43. The van der Waals surface area contributed by atoms with E-state index in [1.165, 1.54) is 0 Å². The van der Waals surface area contributed by atoms with Gasteiger partial charge in [0.2, 0.25) is 0 Å². The van der Waals surface area contributed by atoms with E-state index in [9.17, 15) is 9.18 Å². The van der Waals surface area contributed by atoms with Crippen molar-refractivity contribution in [2.75, 3.05) is 0 Å². The molecule has 0 heterocycles. The number of benzene rings is 1. The van der Waals surface area contributed by atoms with Crippen LogP contribution < -0.4 is 0 Å². The van der Waals surface area contributed by atoms with Crippen molar-refractivity contribution in [3.8, 4) is 12.3 Å². The quantitative estimate of drug-likeness (QED) is 0.703. The van der Waals surface area contributed by atoms with Gasteiger partial charge in [0.25, 0.3) is 0 Å². The first kappa shape index (κ1) is 9.56. The molecule has 66 valence electrons. The van der Waals surface area contributed by atoms with Crippen LogP contribution in [0.1, 0.15) is 15.9 Å². The van der Waals surface area contributed by atoms with Crippen LogP contribution in [-0.4, -0.2) is 11.1 Å². The summed E-state index contributed by atoms with van der Waals surface area (Å²) in [5.74, 6) is -0.000849. The molecule has 0 spiro atoms. The van der Waals surface area contributed by atoms with Gasteiger partial charge in [-0.25, -0.2) is 9.18 Å². The number of terminal acetylenes is 1. The first-order valence-electron chi connectivity index (χ1n) is 3.25. The molecule has 0 atom stereocenters. The first-order chi connectivity index (χ1) is 6.06. The minimum Gasteiger partial charge on any atom is -0.478 e. The molecular formula is C9H4ClFO2. The van der Waals surface area contributed by atoms with Gasteiger partial charge in [0.15, 0.2) is 0 Å². The smallest absolute Gasteiger partial charge is 0.337 e. The Morgan fingerprint density at radius 1 is 1.62 bits per heavy atom. The summed E-state index contributed by atoms with van der Waals surface area (Å²) in [4.78, 5) is 10.5. The zero-order valence-corrected chi connectivity index (χ0v) is 7.10. The summed E-state index contributed by atoms with van der Waals surface area (Å²) in [7, 11) is 0. The minimum atomic E-state index is -1.30. The molecule has 4 heteroatoms. The molecule has 1 N–H and O–H groups in total. The van der Waals surface area contributed by atoms with Crippen molar-refractivity contribution in [3.05, 3.63) is 34.1 Å². The van der Waals surface area contributed by atoms with E-state index >= 15 is 0 Å². The van der Waals surface area contributed by atoms with E-state index in [2.05, 4.69) is 5.92 Å². The van der Waals surface area contributed by atoms with Crippen LogP contribution in [0, 0.1) is 18.2 Å². The minimum absolute atomic E-state index is 0.152. The van der Waals surface area contributed by atoms with Gasteiger partial charge in [0.05, 0.1) is 10.6 Å². The van der Waals surface area contributed by atoms with E-state index in [-0.39, 0.29) is 11.1 Å². The Hall–Kier alpha value is -1.53. The zero-order valence-electron chi connectivity index (χ0n) is 6.34. The summed E-state index contributed by atoms with van der Waals surface area (Å²) in [5.41, 5.74) is -0.172. The molecular weight excluding hydrogens is 195 g/mol. The number of aromatic carboxylic acids is 1. The topological polar surface area (TPSA) is 37.3 Å². The van der Waals surface area contributed by atoms with Gasteiger partial charge in [0, 0.05) is 5.56 Å². The van der Waals surface area contributed by atoms with E-state index in [1.807, 2.05) is 0 Å². The number of rotatable bonds is 1. The normalized spacial score (nSPS) is 9.31. The second-order valence-electron chi connectivity index (χ2n) is 2.27. The number of hydrogen-bond acceptors (Lipinski definition) is 1. The Morgan fingerprint density at radius 2 is 2.23 bits per heavy atom. The van der Waals surface area contributed by atoms with Gasteiger partial charge in [-0.05, 0) is 12.1 Å². The average Bonchev–Trinajstić information content (AvgIpc) is 2.09. The van der Waals surface area contributed by atoms with Crippen molar-refractivity contribution in [2.24, 2.45) is 0 Å². The van der Waals surface area contributed by atoms with E-state index in [0.29, 0.717) is 0 Å². The van der Waals surface area contributed by atoms with Crippen molar-refractivity contribution < 1.29 is 14.3 Å². The number of hydrogen-bond donors (Lipinski definition) is 1. The number of carboxylic acids is 1. The SMILES string of the molecule is C#Cc1cc(F)c(Cl)c(C(=O)O)c1. The molecule has 1 aromatic carbocycles. The third-order valence-corrected chi connectivity index (χ3v) is 1.81. The third kappa shape index (κ3) is 1.79. The summed E-state index contributed by atoms with van der Waals surface area (Å²) >= 11 is 5.39. The van der Waals surface area contributed by atoms with Crippen LogP contribution in [0.3, 0.4) is 0 Å². The number of carboxylic acid groups (broad SMARTS) is 1. The molecule has 0 aliphatic heterocycles. The van der Waals surface area contributed by atoms with Crippen LogP contribution in [0.2, 0.25) is 5.02 Å². The molecule has 0 amide bonds. The van der Waals surface area contributed by atoms with E-state index in [1.54, 1.807) is 0 Å². The van der Waals surface area contributed by atoms with Gasteiger partial charge in [-0.2, -0.15) is 0 Å². The summed E-state index contributed by atoms with van der Waals surface area (Å²) in [6.07, 6.45) is 4.99. The summed E-state index contributed by atoms with van der Waals surface area (Å²) in [5, 5.41) is 8.17. The highest BCUT2D eigenvalue weighted by molar-refractivity contribution is 6.33. The largest absolute Gasteiger partial charge is 0.478 e. The van der Waals surface area contributed by atoms with Crippen molar-refractivity contribution in [3.63, 3.8) is 0 Å². The predicted molar refractivity (Wildman–Crippen MR) is 46.3 cm³/mol. The summed E-state index contributed by atoms with van der Waals surface area (Å²) in [6, 6.07) is 2.16. The van der Waals surface area contributed by atoms with E-state index in [0.717, 1.165) is 12.1 Å². The maximum Gasteiger partial charge on any atom is 0.337 e. The lowest BCUT2D eigenvalue weighted by atomic mass is 10.1. The van der Waals surface area contributed by atoms with Crippen LogP contribution in [0.5, 0.6) is 0 Å². The molecule has 0 saturated carbocycles. The highest BCUT2D eigenvalue weighted by Crippen LogP contribution is 2.21. The molecule has 0 aliphatic carbocycles. The second kappa shape index (κ2) is 3.46. The Morgan fingerprint density at radius 3 is 2.69 bits per heavy atom. The maximum absolute atomic E-state index is 12.9. The second-order valence-corrected chi connectivity index (χ2v) is 2.65. The lowest BCUT2D eigenvalue weighted by Gasteiger charge is -2.00. The van der Waals surface area contributed by atoms with Crippen molar-refractivity contribution in [1.29, 1.82) is 0 Å². The zero-order chi connectivity index (χ0) is 10.0. The lowest BCUT2D eigenvalue weighted by Crippen LogP contribution is -2.00. The molecule has 1 aromatic rings. The fourth-order valence-electron chi connectivity index (χ4n) is 0.828. The van der Waals surface area contributed by atoms with Gasteiger partial charge in [-0.15, -0.1) is 6.42 Å². The molecule has 0 aromatic heterocycles. The predicted octanol–water partition coefficient (Wildman–Crippen LogP) is 2.16. The van der Waals surface area contributed by atoms with Crippen LogP contribution in [0.4, 0.5) is 4.39 Å². The van der Waals surface area contributed by atoms with Crippen molar-refractivity contribution in [1.82, 2.24) is 0 Å². The molecule has 13 heavy (non-hydrogen) atoms. The number of carbonyl (C=O) groups is 1. The Balaban J connectivity index is 3.44. The average molecular weight is 199 g/mol. The van der Waals surface area contributed by atoms with Gasteiger partial charge < -0.3 is 5.11 Å². The van der Waals surface area contributed by atoms with Gasteiger partial charge in [-0.1, -0.05) is 17.5 Å². The summed E-state index contributed by atoms with van der Waals surface area (Å²) in [6.45, 7) is 0. The van der Waals surface area contributed by atoms with Crippen LogP contribution in [-0.2, 0) is 0 Å². The van der Waals surface area contributed by atoms with Crippen LogP contribution in [0.25, 0.3) is 0 Å². The van der Waals surface area contributed by atoms with E-state index in [4.69, 9.17) is 23.1 Å². The molecule has 0 saturated heterocycles.